The zero-order valence-electron chi connectivity index (χ0n) is 6.75. The molecule has 0 unspecified atom stereocenters. The fourth-order valence-corrected chi connectivity index (χ4v) is 1.55. The third-order valence-corrected chi connectivity index (χ3v) is 2.39. The minimum atomic E-state index is -1.14. The molecule has 0 radical (unpaired) electrons. The lowest BCUT2D eigenvalue weighted by Crippen LogP contribution is -2.44. The van der Waals surface area contributed by atoms with E-state index in [-0.39, 0.29) is 6.54 Å². The number of rotatable bonds is 4. The number of hydrogen-bond donors (Lipinski definition) is 3. The Balaban J connectivity index is 2.76. The molecule has 1 aromatic heterocycles. The van der Waals surface area contributed by atoms with E-state index in [1.54, 1.807) is 17.5 Å². The van der Waals surface area contributed by atoms with Gasteiger partial charge in [-0.15, -0.1) is 11.3 Å². The number of carbonyl (C=O) groups is 1. The van der Waals surface area contributed by atoms with Crippen LogP contribution in [0, 0.1) is 0 Å². The highest BCUT2D eigenvalue weighted by Crippen LogP contribution is 2.21. The van der Waals surface area contributed by atoms with Crippen LogP contribution in [0.15, 0.2) is 17.5 Å². The Labute approximate surface area is 79.0 Å². The zero-order chi connectivity index (χ0) is 9.84. The summed E-state index contributed by atoms with van der Waals surface area (Å²) in [6, 6.07) is 2.26. The lowest BCUT2D eigenvalue weighted by molar-refractivity contribution is -0.139. The van der Waals surface area contributed by atoms with Gasteiger partial charge in [-0.1, -0.05) is 0 Å². The molecular formula is C7H10N2O3S. The van der Waals surface area contributed by atoms with E-state index in [0.29, 0.717) is 10.1 Å². The molecule has 4 N–H and O–H groups in total. The van der Waals surface area contributed by atoms with Gasteiger partial charge in [-0.3, -0.25) is 5.21 Å². The summed E-state index contributed by atoms with van der Waals surface area (Å²) in [7, 11) is 0. The monoisotopic (exact) mass is 202 g/mol. The quantitative estimate of drug-likeness (QED) is 0.613. The Kier molecular flexibility index (Phi) is 3.24. The molecule has 1 heterocycles. The molecule has 0 amide bonds. The third kappa shape index (κ3) is 2.18. The van der Waals surface area contributed by atoms with Gasteiger partial charge in [-0.25, -0.2) is 9.86 Å². The smallest absolute Gasteiger partial charge is 0.330 e. The van der Waals surface area contributed by atoms with Crippen LogP contribution in [0.3, 0.4) is 0 Å². The second kappa shape index (κ2) is 4.22. The number of nitrogens with two attached hydrogens (primary N) is 1. The second-order valence-electron chi connectivity index (χ2n) is 2.39. The molecule has 6 heteroatoms. The highest BCUT2D eigenvalue weighted by Gasteiger charge is 2.23. The topological polar surface area (TPSA) is 86.8 Å². The maximum Gasteiger partial charge on any atom is 0.330 e. The average Bonchev–Trinajstić information content (AvgIpc) is 2.56. The van der Waals surface area contributed by atoms with E-state index in [1.165, 1.54) is 11.3 Å². The van der Waals surface area contributed by atoms with Crippen molar-refractivity contribution in [2.24, 2.45) is 5.73 Å². The number of hydrogen-bond acceptors (Lipinski definition) is 5. The van der Waals surface area contributed by atoms with Gasteiger partial charge in [0, 0.05) is 6.54 Å². The fourth-order valence-electron chi connectivity index (χ4n) is 0.859. The number of carboxylic acid groups (broad SMARTS) is 1. The van der Waals surface area contributed by atoms with E-state index >= 15 is 0 Å². The molecule has 72 valence electrons. The van der Waals surface area contributed by atoms with Crippen molar-refractivity contribution < 1.29 is 15.1 Å². The summed E-state index contributed by atoms with van der Waals surface area (Å²) in [6.45, 7) is -0.135. The van der Waals surface area contributed by atoms with Gasteiger partial charge in [0.25, 0.3) is 0 Å². The largest absolute Gasteiger partial charge is 0.480 e. The number of aliphatic carboxylic acids is 1. The van der Waals surface area contributed by atoms with Gasteiger partial charge in [0.2, 0.25) is 0 Å². The van der Waals surface area contributed by atoms with Crippen LogP contribution >= 0.6 is 11.3 Å². The molecule has 13 heavy (non-hydrogen) atoms. The first kappa shape index (κ1) is 9.97. The Morgan fingerprint density at radius 3 is 2.85 bits per heavy atom. The molecule has 0 fully saturated rings. The van der Waals surface area contributed by atoms with E-state index in [9.17, 15) is 10.0 Å². The molecule has 0 aromatic carbocycles. The van der Waals surface area contributed by atoms with E-state index in [4.69, 9.17) is 10.8 Å². The summed E-state index contributed by atoms with van der Waals surface area (Å²) in [4.78, 5) is 10.6. The summed E-state index contributed by atoms with van der Waals surface area (Å²) in [5, 5.41) is 21.0. The molecule has 1 atom stereocenters. The van der Waals surface area contributed by atoms with E-state index in [0.717, 1.165) is 0 Å². The number of carboxylic acids is 1. The molecule has 1 rings (SSSR count). The maximum absolute atomic E-state index is 10.6. The molecule has 0 aliphatic heterocycles. The number of thiophene rings is 1. The van der Waals surface area contributed by atoms with Crippen LogP contribution < -0.4 is 10.8 Å². The zero-order valence-corrected chi connectivity index (χ0v) is 7.57. The summed E-state index contributed by atoms with van der Waals surface area (Å²) < 4.78 is 0. The molecule has 0 aliphatic rings. The van der Waals surface area contributed by atoms with E-state index in [1.807, 2.05) is 0 Å². The van der Waals surface area contributed by atoms with Gasteiger partial charge in [-0.2, -0.15) is 0 Å². The highest BCUT2D eigenvalue weighted by atomic mass is 32.1. The van der Waals surface area contributed by atoms with Crippen molar-refractivity contribution in [3.8, 4) is 0 Å². The van der Waals surface area contributed by atoms with Gasteiger partial charge in [-0.05, 0) is 17.5 Å². The van der Waals surface area contributed by atoms with Gasteiger partial charge in [0.1, 0.15) is 5.00 Å². The first-order valence-electron chi connectivity index (χ1n) is 3.61. The van der Waals surface area contributed by atoms with Gasteiger partial charge in [0.15, 0.2) is 6.04 Å². The molecule has 5 nitrogen and oxygen atoms in total. The van der Waals surface area contributed by atoms with Gasteiger partial charge in [0.05, 0.1) is 0 Å². The van der Waals surface area contributed by atoms with Crippen molar-refractivity contribution in [2.75, 3.05) is 11.6 Å². The van der Waals surface area contributed by atoms with Crippen LogP contribution in [0.5, 0.6) is 0 Å². The van der Waals surface area contributed by atoms with E-state index < -0.39 is 12.0 Å². The van der Waals surface area contributed by atoms with Crippen molar-refractivity contribution in [3.05, 3.63) is 17.5 Å². The van der Waals surface area contributed by atoms with Crippen molar-refractivity contribution in [3.63, 3.8) is 0 Å². The Bertz CT molecular complexity index is 275. The van der Waals surface area contributed by atoms with Gasteiger partial charge >= 0.3 is 5.97 Å². The minimum Gasteiger partial charge on any atom is -0.480 e. The minimum absolute atomic E-state index is 0.135. The predicted octanol–water partition coefficient (Wildman–Crippen LogP) is 0.356. The maximum atomic E-state index is 10.6. The number of hydroxylamine groups is 1. The van der Waals surface area contributed by atoms with Gasteiger partial charge < -0.3 is 10.8 Å². The van der Waals surface area contributed by atoms with Crippen LogP contribution in [0.2, 0.25) is 0 Å². The molecule has 0 aliphatic carbocycles. The summed E-state index contributed by atoms with van der Waals surface area (Å²) in [6.07, 6.45) is 0. The van der Waals surface area contributed by atoms with Crippen LogP contribution in [0.25, 0.3) is 0 Å². The van der Waals surface area contributed by atoms with Crippen molar-refractivity contribution in [1.82, 2.24) is 0 Å². The number of anilines is 1. The summed E-state index contributed by atoms with van der Waals surface area (Å²) in [5.41, 5.74) is 5.20. The first-order chi connectivity index (χ1) is 6.16. The SMILES string of the molecule is NC[C@@H](C(=O)O)N(O)c1cccs1. The third-order valence-electron chi connectivity index (χ3n) is 1.54. The summed E-state index contributed by atoms with van der Waals surface area (Å²) in [5.74, 6) is -1.14. The standard InChI is InChI=1S/C7H10N2O3S/c8-4-5(7(10)11)9(12)6-2-1-3-13-6/h1-3,5,12H,4,8H2,(H,10,11)/t5-/m0/s1. The van der Waals surface area contributed by atoms with Crippen molar-refractivity contribution in [2.45, 2.75) is 6.04 Å². The Hall–Kier alpha value is -1.11. The average molecular weight is 202 g/mol. The number of nitrogens with zero attached hydrogens (tertiary/aromatic N) is 1. The lowest BCUT2D eigenvalue weighted by atomic mass is 10.3. The molecular weight excluding hydrogens is 192 g/mol. The Morgan fingerprint density at radius 2 is 2.46 bits per heavy atom. The van der Waals surface area contributed by atoms with Crippen LogP contribution in [-0.2, 0) is 4.79 Å². The first-order valence-corrected chi connectivity index (χ1v) is 4.49. The van der Waals surface area contributed by atoms with Crippen molar-refractivity contribution in [1.29, 1.82) is 0 Å². The molecule has 1 aromatic rings. The predicted molar refractivity (Wildman–Crippen MR) is 49.1 cm³/mol. The second-order valence-corrected chi connectivity index (χ2v) is 3.31. The van der Waals surface area contributed by atoms with E-state index in [2.05, 4.69) is 0 Å². The lowest BCUT2D eigenvalue weighted by Gasteiger charge is -2.20. The molecule has 0 spiro atoms. The highest BCUT2D eigenvalue weighted by molar-refractivity contribution is 7.14. The Morgan fingerprint density at radius 1 is 1.77 bits per heavy atom. The van der Waals surface area contributed by atoms with Crippen molar-refractivity contribution >= 4 is 22.3 Å². The fraction of sp³-hybridized carbons (Fsp3) is 0.286. The summed E-state index contributed by atoms with van der Waals surface area (Å²) >= 11 is 1.25. The molecule has 0 bridgehead atoms. The molecule has 0 saturated carbocycles. The van der Waals surface area contributed by atoms with Crippen LogP contribution in [0.1, 0.15) is 0 Å². The molecule has 0 saturated heterocycles. The normalized spacial score (nSPS) is 12.5. The van der Waals surface area contributed by atoms with Crippen LogP contribution in [-0.4, -0.2) is 28.9 Å². The van der Waals surface area contributed by atoms with Crippen LogP contribution in [0.4, 0.5) is 5.00 Å².